The zero-order valence-electron chi connectivity index (χ0n) is 10.7. The van der Waals surface area contributed by atoms with Crippen LogP contribution in [-0.2, 0) is 11.3 Å². The Morgan fingerprint density at radius 1 is 1.50 bits per heavy atom. The van der Waals surface area contributed by atoms with Crippen molar-refractivity contribution in [3.05, 3.63) is 38.9 Å². The van der Waals surface area contributed by atoms with Gasteiger partial charge in [-0.15, -0.1) is 0 Å². The zero-order chi connectivity index (χ0) is 13.8. The summed E-state index contributed by atoms with van der Waals surface area (Å²) >= 11 is 6.00. The van der Waals surface area contributed by atoms with Crippen LogP contribution >= 0.6 is 11.6 Å². The van der Waals surface area contributed by atoms with Crippen molar-refractivity contribution in [3.63, 3.8) is 0 Å². The maximum Gasteiger partial charge on any atom is 0.275 e. The highest BCUT2D eigenvalue weighted by atomic mass is 35.5. The number of ether oxygens (including phenoxy) is 1. The molecule has 0 amide bonds. The molecule has 0 unspecified atom stereocenters. The Morgan fingerprint density at radius 3 is 2.72 bits per heavy atom. The fraction of sp³-hybridized carbons (Fsp3) is 0.500. The maximum absolute atomic E-state index is 10.9. The summed E-state index contributed by atoms with van der Waals surface area (Å²) in [5, 5.41) is 14.5. The van der Waals surface area contributed by atoms with Crippen molar-refractivity contribution in [1.29, 1.82) is 0 Å². The van der Waals surface area contributed by atoms with E-state index in [9.17, 15) is 10.1 Å². The number of hydrogen-bond donors (Lipinski definition) is 1. The summed E-state index contributed by atoms with van der Waals surface area (Å²) in [5.74, 6) is 0. The average Bonchev–Trinajstić information content (AvgIpc) is 2.26. The van der Waals surface area contributed by atoms with Crippen molar-refractivity contribution in [3.8, 4) is 0 Å². The van der Waals surface area contributed by atoms with Gasteiger partial charge in [0.05, 0.1) is 22.1 Å². The molecule has 0 spiro atoms. The van der Waals surface area contributed by atoms with Crippen LogP contribution in [0, 0.1) is 10.1 Å². The molecule has 0 fully saturated rings. The van der Waals surface area contributed by atoms with Gasteiger partial charge in [0.25, 0.3) is 5.69 Å². The van der Waals surface area contributed by atoms with Crippen LogP contribution in [0.2, 0.25) is 5.02 Å². The molecule has 0 saturated heterocycles. The molecule has 18 heavy (non-hydrogen) atoms. The summed E-state index contributed by atoms with van der Waals surface area (Å²) in [4.78, 5) is 10.5. The molecule has 1 aromatic carbocycles. The van der Waals surface area contributed by atoms with Crippen molar-refractivity contribution in [2.75, 3.05) is 13.7 Å². The van der Waals surface area contributed by atoms with Crippen molar-refractivity contribution in [2.24, 2.45) is 0 Å². The minimum Gasteiger partial charge on any atom is -0.383 e. The van der Waals surface area contributed by atoms with E-state index in [4.69, 9.17) is 16.3 Å². The van der Waals surface area contributed by atoms with E-state index in [-0.39, 0.29) is 11.2 Å². The summed E-state index contributed by atoms with van der Waals surface area (Å²) in [7, 11) is 1.61. The summed E-state index contributed by atoms with van der Waals surface area (Å²) < 4.78 is 5.07. The third-order valence-corrected chi connectivity index (χ3v) is 2.89. The van der Waals surface area contributed by atoms with Crippen LogP contribution < -0.4 is 5.32 Å². The molecule has 1 rings (SSSR count). The molecular weight excluding hydrogens is 256 g/mol. The molecule has 0 aliphatic heterocycles. The van der Waals surface area contributed by atoms with Crippen LogP contribution in [0.5, 0.6) is 0 Å². The minimum atomic E-state index is -0.424. The summed E-state index contributed by atoms with van der Waals surface area (Å²) in [6, 6.07) is 4.67. The van der Waals surface area contributed by atoms with Crippen LogP contribution in [0.3, 0.4) is 0 Å². The number of nitro benzene ring substituents is 1. The van der Waals surface area contributed by atoms with Gasteiger partial charge in [0.15, 0.2) is 0 Å². The molecule has 0 aliphatic rings. The lowest BCUT2D eigenvalue weighted by Gasteiger charge is -2.25. The van der Waals surface area contributed by atoms with Gasteiger partial charge in [-0.05, 0) is 19.9 Å². The van der Waals surface area contributed by atoms with E-state index in [1.165, 1.54) is 6.07 Å². The first kappa shape index (κ1) is 14.9. The molecule has 0 aliphatic carbocycles. The molecule has 0 saturated carbocycles. The predicted octanol–water partition coefficient (Wildman–Crippen LogP) is 2.76. The van der Waals surface area contributed by atoms with E-state index in [2.05, 4.69) is 5.32 Å². The van der Waals surface area contributed by atoms with Crippen molar-refractivity contribution in [1.82, 2.24) is 5.32 Å². The Labute approximate surface area is 111 Å². The molecule has 1 N–H and O–H groups in total. The molecular formula is C12H17ClN2O3. The van der Waals surface area contributed by atoms with Crippen LogP contribution in [0.25, 0.3) is 0 Å². The zero-order valence-corrected chi connectivity index (χ0v) is 11.5. The number of halogens is 1. The first-order valence-corrected chi connectivity index (χ1v) is 5.91. The first-order chi connectivity index (χ1) is 8.37. The largest absolute Gasteiger partial charge is 0.383 e. The van der Waals surface area contributed by atoms with Crippen molar-refractivity contribution in [2.45, 2.75) is 25.9 Å². The van der Waals surface area contributed by atoms with Gasteiger partial charge in [-0.3, -0.25) is 10.1 Å². The van der Waals surface area contributed by atoms with Gasteiger partial charge < -0.3 is 10.1 Å². The highest BCUT2D eigenvalue weighted by Crippen LogP contribution is 2.26. The maximum atomic E-state index is 10.9. The van der Waals surface area contributed by atoms with Gasteiger partial charge in [-0.25, -0.2) is 0 Å². The summed E-state index contributed by atoms with van der Waals surface area (Å²) in [6.07, 6.45) is 0. The predicted molar refractivity (Wildman–Crippen MR) is 70.9 cm³/mol. The monoisotopic (exact) mass is 272 g/mol. The Bertz CT molecular complexity index is 435. The smallest absolute Gasteiger partial charge is 0.275 e. The second-order valence-corrected chi connectivity index (χ2v) is 5.07. The number of nitrogens with one attached hydrogen (secondary N) is 1. The number of hydrogen-bond acceptors (Lipinski definition) is 4. The average molecular weight is 273 g/mol. The highest BCUT2D eigenvalue weighted by Gasteiger charge is 2.21. The lowest BCUT2D eigenvalue weighted by molar-refractivity contribution is -0.385. The van der Waals surface area contributed by atoms with Gasteiger partial charge in [0, 0.05) is 25.3 Å². The number of rotatable bonds is 6. The minimum absolute atomic E-state index is 0.0308. The Morgan fingerprint density at radius 2 is 2.17 bits per heavy atom. The summed E-state index contributed by atoms with van der Waals surface area (Å²) in [6.45, 7) is 4.75. The number of methoxy groups -OCH3 is 1. The quantitative estimate of drug-likeness (QED) is 0.639. The molecule has 0 radical (unpaired) electrons. The van der Waals surface area contributed by atoms with E-state index in [1.54, 1.807) is 19.2 Å². The third kappa shape index (κ3) is 3.94. The standard InChI is InChI=1S/C12H17ClN2O3/c1-12(2,8-18-3)14-7-9-10(13)5-4-6-11(9)15(16)17/h4-6,14H,7-8H2,1-3H3. The van der Waals surface area contributed by atoms with E-state index >= 15 is 0 Å². The highest BCUT2D eigenvalue weighted by molar-refractivity contribution is 6.31. The van der Waals surface area contributed by atoms with Gasteiger partial charge in [0.2, 0.25) is 0 Å². The van der Waals surface area contributed by atoms with Gasteiger partial charge in [-0.2, -0.15) is 0 Å². The topological polar surface area (TPSA) is 64.4 Å². The van der Waals surface area contributed by atoms with E-state index in [0.717, 1.165) is 0 Å². The van der Waals surface area contributed by atoms with Crippen LogP contribution in [0.1, 0.15) is 19.4 Å². The lowest BCUT2D eigenvalue weighted by atomic mass is 10.1. The van der Waals surface area contributed by atoms with Gasteiger partial charge >= 0.3 is 0 Å². The molecule has 6 heteroatoms. The molecule has 100 valence electrons. The second kappa shape index (κ2) is 6.13. The van der Waals surface area contributed by atoms with Crippen LogP contribution in [-0.4, -0.2) is 24.2 Å². The molecule has 0 bridgehead atoms. The fourth-order valence-electron chi connectivity index (χ4n) is 1.63. The normalized spacial score (nSPS) is 11.6. The van der Waals surface area contributed by atoms with Crippen LogP contribution in [0.15, 0.2) is 18.2 Å². The molecule has 0 aromatic heterocycles. The van der Waals surface area contributed by atoms with E-state index in [1.807, 2.05) is 13.8 Å². The van der Waals surface area contributed by atoms with Gasteiger partial charge in [0.1, 0.15) is 0 Å². The SMILES string of the molecule is COCC(C)(C)NCc1c(Cl)cccc1[N+](=O)[O-]. The Hall–Kier alpha value is -1.17. The summed E-state index contributed by atoms with van der Waals surface area (Å²) in [5.41, 5.74) is 0.249. The Balaban J connectivity index is 2.87. The van der Waals surface area contributed by atoms with Gasteiger partial charge in [-0.1, -0.05) is 17.7 Å². The van der Waals surface area contributed by atoms with E-state index < -0.39 is 4.92 Å². The van der Waals surface area contributed by atoms with Crippen molar-refractivity contribution >= 4 is 17.3 Å². The first-order valence-electron chi connectivity index (χ1n) is 5.53. The fourth-order valence-corrected chi connectivity index (χ4v) is 1.87. The Kier molecular flexibility index (Phi) is 5.07. The molecule has 1 aromatic rings. The molecule has 5 nitrogen and oxygen atoms in total. The van der Waals surface area contributed by atoms with Crippen molar-refractivity contribution < 1.29 is 9.66 Å². The second-order valence-electron chi connectivity index (χ2n) is 4.67. The number of nitrogens with zero attached hydrogens (tertiary/aromatic N) is 1. The molecule has 0 heterocycles. The third-order valence-electron chi connectivity index (χ3n) is 2.54. The molecule has 0 atom stereocenters. The number of nitro groups is 1. The lowest BCUT2D eigenvalue weighted by Crippen LogP contribution is -2.42. The van der Waals surface area contributed by atoms with E-state index in [0.29, 0.717) is 23.7 Å². The number of benzene rings is 1. The van der Waals surface area contributed by atoms with Crippen LogP contribution in [0.4, 0.5) is 5.69 Å².